The van der Waals surface area contributed by atoms with E-state index in [-0.39, 0.29) is 17.5 Å². The van der Waals surface area contributed by atoms with E-state index in [1.54, 1.807) is 0 Å². The zero-order valence-corrected chi connectivity index (χ0v) is 10.2. The van der Waals surface area contributed by atoms with Crippen LogP contribution in [0.4, 0.5) is 0 Å². The maximum atomic E-state index is 12.1. The van der Waals surface area contributed by atoms with Gasteiger partial charge in [-0.3, -0.25) is 0 Å². The molecule has 0 aromatic carbocycles. The first-order valence-corrected chi connectivity index (χ1v) is 5.70. The van der Waals surface area contributed by atoms with Gasteiger partial charge in [0.25, 0.3) is 0 Å². The summed E-state index contributed by atoms with van der Waals surface area (Å²) in [4.78, 5) is 28.5. The van der Waals surface area contributed by atoms with Crippen LogP contribution in [0.1, 0.15) is 19.1 Å². The molecule has 4 unspecified atom stereocenters. The molecular weight excluding hydrogens is 240 g/mol. The minimum atomic E-state index is -0.503. The summed E-state index contributed by atoms with van der Waals surface area (Å²) in [5.74, 6) is 0.448. The molecule has 0 N–H and O–H groups in total. The zero-order valence-electron chi connectivity index (χ0n) is 10.2. The summed E-state index contributed by atoms with van der Waals surface area (Å²) in [6.07, 6.45) is -0.655. The van der Waals surface area contributed by atoms with Gasteiger partial charge in [0.15, 0.2) is 12.2 Å². The molecule has 96 valence electrons. The molecule has 18 heavy (non-hydrogen) atoms. The van der Waals surface area contributed by atoms with Crippen molar-refractivity contribution in [3.8, 4) is 0 Å². The molecular formula is C10H12N4O4. The minimum absolute atomic E-state index is 0.152. The van der Waals surface area contributed by atoms with E-state index in [0.29, 0.717) is 5.90 Å². The van der Waals surface area contributed by atoms with Gasteiger partial charge in [0, 0.05) is 7.05 Å². The first kappa shape index (κ1) is 10.1. The fourth-order valence-electron chi connectivity index (χ4n) is 3.07. The first-order valence-electron chi connectivity index (χ1n) is 5.70. The number of hydrogen-bond acceptors (Lipinski definition) is 5. The molecule has 0 radical (unpaired) electrons. The van der Waals surface area contributed by atoms with Crippen molar-refractivity contribution in [3.63, 3.8) is 0 Å². The quantitative estimate of drug-likeness (QED) is 0.533. The van der Waals surface area contributed by atoms with Crippen LogP contribution >= 0.6 is 0 Å². The second-order valence-corrected chi connectivity index (χ2v) is 5.02. The average Bonchev–Trinajstić information content (AvgIpc) is 3.03. The van der Waals surface area contributed by atoms with Gasteiger partial charge in [-0.15, -0.1) is 0 Å². The third-order valence-electron chi connectivity index (χ3n) is 4.10. The summed E-state index contributed by atoms with van der Waals surface area (Å²) in [6, 6.07) is -0.459. The lowest BCUT2D eigenvalue weighted by molar-refractivity contribution is 0.190. The van der Waals surface area contributed by atoms with Crippen LogP contribution in [0, 0.1) is 0 Å². The monoisotopic (exact) mass is 252 g/mol. The number of methoxy groups -OCH3 is 1. The van der Waals surface area contributed by atoms with Crippen molar-refractivity contribution < 1.29 is 9.47 Å². The van der Waals surface area contributed by atoms with E-state index in [1.165, 1.54) is 23.5 Å². The number of rotatable bonds is 0. The van der Waals surface area contributed by atoms with Crippen LogP contribution in [0.2, 0.25) is 0 Å². The Morgan fingerprint density at radius 2 is 2.00 bits per heavy atom. The Kier molecular flexibility index (Phi) is 1.47. The molecule has 0 amide bonds. The topological polar surface area (TPSA) is 83.1 Å². The van der Waals surface area contributed by atoms with E-state index in [1.807, 2.05) is 6.92 Å². The van der Waals surface area contributed by atoms with Crippen molar-refractivity contribution in [1.29, 1.82) is 0 Å². The zero-order chi connectivity index (χ0) is 12.8. The number of aromatic nitrogens is 3. The molecule has 0 aliphatic carbocycles. The van der Waals surface area contributed by atoms with Crippen molar-refractivity contribution in [2.75, 3.05) is 7.11 Å². The van der Waals surface area contributed by atoms with E-state index in [2.05, 4.69) is 4.99 Å². The molecule has 8 nitrogen and oxygen atoms in total. The van der Waals surface area contributed by atoms with E-state index >= 15 is 0 Å². The van der Waals surface area contributed by atoms with Crippen LogP contribution < -0.4 is 11.4 Å². The third-order valence-corrected chi connectivity index (χ3v) is 4.10. The number of aliphatic imine (C=N–C) groups is 1. The lowest BCUT2D eigenvalue weighted by atomic mass is 9.91. The van der Waals surface area contributed by atoms with Crippen molar-refractivity contribution in [3.05, 3.63) is 21.0 Å². The first-order chi connectivity index (χ1) is 8.50. The fraction of sp³-hybridized carbons (Fsp3) is 0.700. The van der Waals surface area contributed by atoms with E-state index in [4.69, 9.17) is 9.47 Å². The fourth-order valence-corrected chi connectivity index (χ4v) is 3.07. The maximum absolute atomic E-state index is 12.1. The molecule has 1 fully saturated rings. The van der Waals surface area contributed by atoms with Crippen molar-refractivity contribution in [2.24, 2.45) is 12.0 Å². The summed E-state index contributed by atoms with van der Waals surface area (Å²) < 4.78 is 14.7. The standard InChI is InChI=1S/C10H12N4O4/c1-10-4-7(17-3)11-6(5(10)18-10)14-9(16)12(2)8(15)13(4)14/h4-6H,1-3H3. The van der Waals surface area contributed by atoms with Crippen molar-refractivity contribution in [2.45, 2.75) is 30.8 Å². The molecule has 2 bridgehead atoms. The van der Waals surface area contributed by atoms with Crippen LogP contribution in [0.25, 0.3) is 0 Å². The second-order valence-electron chi connectivity index (χ2n) is 5.02. The van der Waals surface area contributed by atoms with Crippen molar-refractivity contribution in [1.82, 2.24) is 13.9 Å². The van der Waals surface area contributed by atoms with E-state index < -0.39 is 17.8 Å². The summed E-state index contributed by atoms with van der Waals surface area (Å²) >= 11 is 0. The highest BCUT2D eigenvalue weighted by atomic mass is 16.6. The summed E-state index contributed by atoms with van der Waals surface area (Å²) in [5.41, 5.74) is -1.23. The average molecular weight is 252 g/mol. The molecule has 0 spiro atoms. The summed E-state index contributed by atoms with van der Waals surface area (Å²) in [6.45, 7) is 1.91. The SMILES string of the molecule is COC1=NC2C3OC3(C)C1n1c(=O)n(C)c(=O)n12. The van der Waals surface area contributed by atoms with Gasteiger partial charge in [0.1, 0.15) is 11.7 Å². The van der Waals surface area contributed by atoms with Crippen LogP contribution in [-0.2, 0) is 16.5 Å². The van der Waals surface area contributed by atoms with Gasteiger partial charge in [-0.25, -0.2) is 28.5 Å². The van der Waals surface area contributed by atoms with Gasteiger partial charge in [-0.05, 0) is 6.92 Å². The molecule has 5 heterocycles. The highest BCUT2D eigenvalue weighted by molar-refractivity contribution is 5.84. The Hall–Kier alpha value is -1.83. The van der Waals surface area contributed by atoms with Gasteiger partial charge >= 0.3 is 11.4 Å². The van der Waals surface area contributed by atoms with Gasteiger partial charge in [-0.1, -0.05) is 0 Å². The maximum Gasteiger partial charge on any atom is 0.349 e. The second kappa shape index (κ2) is 2.61. The van der Waals surface area contributed by atoms with Gasteiger partial charge in [0.05, 0.1) is 7.11 Å². The molecule has 4 aliphatic heterocycles. The third kappa shape index (κ3) is 0.807. The van der Waals surface area contributed by atoms with Crippen molar-refractivity contribution >= 4 is 5.90 Å². The predicted molar refractivity (Wildman–Crippen MR) is 59.7 cm³/mol. The Balaban J connectivity index is 2.09. The van der Waals surface area contributed by atoms with Gasteiger partial charge < -0.3 is 9.47 Å². The molecule has 8 heteroatoms. The highest BCUT2D eigenvalue weighted by Gasteiger charge is 2.71. The van der Waals surface area contributed by atoms with Gasteiger partial charge in [0.2, 0.25) is 5.90 Å². The predicted octanol–water partition coefficient (Wildman–Crippen LogP) is -1.38. The molecule has 4 atom stereocenters. The summed E-state index contributed by atoms with van der Waals surface area (Å²) in [7, 11) is 2.97. The number of nitrogens with zero attached hydrogens (tertiary/aromatic N) is 4. The Morgan fingerprint density at radius 3 is 2.67 bits per heavy atom. The lowest BCUT2D eigenvalue weighted by Gasteiger charge is -2.35. The van der Waals surface area contributed by atoms with Crippen LogP contribution in [0.5, 0.6) is 0 Å². The Labute approximate surface area is 101 Å². The molecule has 0 saturated carbocycles. The highest BCUT2D eigenvalue weighted by Crippen LogP contribution is 2.56. The smallest absolute Gasteiger partial charge is 0.349 e. The summed E-state index contributed by atoms with van der Waals surface area (Å²) in [5, 5.41) is 0. The van der Waals surface area contributed by atoms with Crippen LogP contribution in [0.3, 0.4) is 0 Å². The van der Waals surface area contributed by atoms with Crippen LogP contribution in [0.15, 0.2) is 14.6 Å². The molecule has 1 aromatic heterocycles. The number of ether oxygens (including phenoxy) is 2. The molecule has 4 aliphatic rings. The Bertz CT molecular complexity index is 710. The molecule has 1 saturated heterocycles. The number of epoxide rings is 1. The normalized spacial score (nSPS) is 39.1. The minimum Gasteiger partial charge on any atom is -0.483 e. The lowest BCUT2D eigenvalue weighted by Crippen LogP contribution is -2.53. The number of hydrogen-bond donors (Lipinski definition) is 0. The van der Waals surface area contributed by atoms with E-state index in [9.17, 15) is 9.59 Å². The largest absolute Gasteiger partial charge is 0.483 e. The van der Waals surface area contributed by atoms with E-state index in [0.717, 1.165) is 4.57 Å². The van der Waals surface area contributed by atoms with Gasteiger partial charge in [-0.2, -0.15) is 0 Å². The molecule has 5 rings (SSSR count). The molecule has 1 aromatic rings. The Morgan fingerprint density at radius 1 is 1.33 bits per heavy atom. The van der Waals surface area contributed by atoms with Crippen LogP contribution in [-0.4, -0.2) is 38.6 Å².